The van der Waals surface area contributed by atoms with E-state index in [1.165, 1.54) is 0 Å². The van der Waals surface area contributed by atoms with Crippen molar-refractivity contribution in [2.75, 3.05) is 0 Å². The molecule has 0 fully saturated rings. The van der Waals surface area contributed by atoms with Gasteiger partial charge in [0, 0.05) is 23.0 Å². The molecule has 0 saturated carbocycles. The molecule has 0 N–H and O–H groups in total. The number of Topliss-reactive ketones (excluding diaryl/α,β-unsaturated/α-hetero) is 2. The molecule has 2 aromatic carbocycles. The van der Waals surface area contributed by atoms with Crippen LogP contribution in [0.3, 0.4) is 0 Å². The van der Waals surface area contributed by atoms with Crippen molar-refractivity contribution in [2.45, 2.75) is 26.7 Å². The summed E-state index contributed by atoms with van der Waals surface area (Å²) in [5, 5.41) is 0. The van der Waals surface area contributed by atoms with Gasteiger partial charge < -0.3 is 0 Å². The predicted molar refractivity (Wildman–Crippen MR) is 89.1 cm³/mol. The molecule has 22 heavy (non-hydrogen) atoms. The molecule has 2 nitrogen and oxygen atoms in total. The summed E-state index contributed by atoms with van der Waals surface area (Å²) in [5.41, 5.74) is 1.38. The molecule has 0 radical (unpaired) electrons. The van der Waals surface area contributed by atoms with Crippen molar-refractivity contribution in [2.24, 2.45) is 11.8 Å². The van der Waals surface area contributed by atoms with Crippen LogP contribution in [0.1, 0.15) is 47.4 Å². The standard InChI is InChI=1S/C20H22O2/c1-3-17(19(21)15-11-7-5-8-12-15)18(4-2)20(22)16-13-9-6-10-14-16/h5-14,17-18H,3-4H2,1-2H3/t17-,18+. The lowest BCUT2D eigenvalue weighted by molar-refractivity contribution is 0.0756. The Morgan fingerprint density at radius 1 is 0.682 bits per heavy atom. The molecular weight excluding hydrogens is 272 g/mol. The number of carbonyl (C=O) groups is 2. The maximum atomic E-state index is 12.8. The van der Waals surface area contributed by atoms with Crippen molar-refractivity contribution in [1.29, 1.82) is 0 Å². The van der Waals surface area contributed by atoms with Gasteiger partial charge in [0.1, 0.15) is 0 Å². The number of rotatable bonds is 7. The third-order valence-electron chi connectivity index (χ3n) is 4.16. The van der Waals surface area contributed by atoms with E-state index < -0.39 is 0 Å². The summed E-state index contributed by atoms with van der Waals surface area (Å²) >= 11 is 0. The Labute approximate surface area is 132 Å². The van der Waals surface area contributed by atoms with E-state index in [1.807, 2.05) is 74.5 Å². The van der Waals surface area contributed by atoms with Gasteiger partial charge in [-0.3, -0.25) is 9.59 Å². The molecule has 0 aliphatic carbocycles. The van der Waals surface area contributed by atoms with Crippen molar-refractivity contribution < 1.29 is 9.59 Å². The van der Waals surface area contributed by atoms with Gasteiger partial charge >= 0.3 is 0 Å². The maximum absolute atomic E-state index is 12.8. The zero-order valence-electron chi connectivity index (χ0n) is 13.2. The summed E-state index contributed by atoms with van der Waals surface area (Å²) < 4.78 is 0. The van der Waals surface area contributed by atoms with Crippen LogP contribution in [-0.4, -0.2) is 11.6 Å². The Balaban J connectivity index is 2.27. The molecule has 0 heterocycles. The molecule has 0 aromatic heterocycles. The van der Waals surface area contributed by atoms with Gasteiger partial charge in [0.25, 0.3) is 0 Å². The third kappa shape index (κ3) is 3.51. The van der Waals surface area contributed by atoms with Crippen LogP contribution in [0.15, 0.2) is 60.7 Å². The van der Waals surface area contributed by atoms with E-state index in [1.54, 1.807) is 0 Å². The van der Waals surface area contributed by atoms with Gasteiger partial charge in [0.05, 0.1) is 0 Å². The molecule has 2 atom stereocenters. The van der Waals surface area contributed by atoms with E-state index in [2.05, 4.69) is 0 Å². The van der Waals surface area contributed by atoms with Crippen LogP contribution < -0.4 is 0 Å². The molecule has 0 aliphatic rings. The van der Waals surface area contributed by atoms with Crippen LogP contribution in [0.5, 0.6) is 0 Å². The maximum Gasteiger partial charge on any atom is 0.166 e. The molecule has 0 bridgehead atoms. The highest BCUT2D eigenvalue weighted by Crippen LogP contribution is 2.27. The zero-order chi connectivity index (χ0) is 15.9. The van der Waals surface area contributed by atoms with Crippen molar-refractivity contribution >= 4 is 11.6 Å². The average molecular weight is 294 g/mol. The lowest BCUT2D eigenvalue weighted by atomic mass is 9.78. The zero-order valence-corrected chi connectivity index (χ0v) is 13.2. The first-order valence-electron chi connectivity index (χ1n) is 7.87. The highest BCUT2D eigenvalue weighted by atomic mass is 16.1. The molecule has 0 unspecified atom stereocenters. The molecule has 0 spiro atoms. The Hall–Kier alpha value is -2.22. The summed E-state index contributed by atoms with van der Waals surface area (Å²) in [5.74, 6) is -0.390. The van der Waals surface area contributed by atoms with Crippen molar-refractivity contribution in [3.05, 3.63) is 71.8 Å². The summed E-state index contributed by atoms with van der Waals surface area (Å²) in [4.78, 5) is 25.5. The molecule has 2 heteroatoms. The fraction of sp³-hybridized carbons (Fsp3) is 0.300. The summed E-state index contributed by atoms with van der Waals surface area (Å²) in [6.07, 6.45) is 1.34. The SMILES string of the molecule is CC[C@H](C(=O)c1ccccc1)[C@@H](CC)C(=O)c1ccccc1. The van der Waals surface area contributed by atoms with Gasteiger partial charge in [0.15, 0.2) is 11.6 Å². The normalized spacial score (nSPS) is 13.4. The monoisotopic (exact) mass is 294 g/mol. The summed E-state index contributed by atoms with van der Waals surface area (Å²) in [6, 6.07) is 18.5. The topological polar surface area (TPSA) is 34.1 Å². The second-order valence-corrected chi connectivity index (χ2v) is 5.49. The van der Waals surface area contributed by atoms with Gasteiger partial charge in [-0.1, -0.05) is 74.5 Å². The molecule has 2 aromatic rings. The molecule has 2 rings (SSSR count). The predicted octanol–water partition coefficient (Wildman–Crippen LogP) is 4.80. The number of hydrogen-bond donors (Lipinski definition) is 0. The summed E-state index contributed by atoms with van der Waals surface area (Å²) in [6.45, 7) is 3.96. The van der Waals surface area contributed by atoms with Gasteiger partial charge in [-0.15, -0.1) is 0 Å². The van der Waals surface area contributed by atoms with Crippen LogP contribution in [0.4, 0.5) is 0 Å². The molecule has 0 amide bonds. The minimum Gasteiger partial charge on any atom is -0.294 e. The Morgan fingerprint density at radius 2 is 1.00 bits per heavy atom. The van der Waals surface area contributed by atoms with Crippen LogP contribution in [0, 0.1) is 11.8 Å². The van der Waals surface area contributed by atoms with Gasteiger partial charge in [-0.25, -0.2) is 0 Å². The Morgan fingerprint density at radius 3 is 1.27 bits per heavy atom. The number of ketones is 2. The number of hydrogen-bond acceptors (Lipinski definition) is 2. The molecule has 0 aliphatic heterocycles. The molecule has 0 saturated heterocycles. The largest absolute Gasteiger partial charge is 0.294 e. The second-order valence-electron chi connectivity index (χ2n) is 5.49. The second kappa shape index (κ2) is 7.69. The third-order valence-corrected chi connectivity index (χ3v) is 4.16. The number of benzene rings is 2. The van der Waals surface area contributed by atoms with E-state index in [0.29, 0.717) is 24.0 Å². The van der Waals surface area contributed by atoms with Gasteiger partial charge in [-0.05, 0) is 12.8 Å². The highest BCUT2D eigenvalue weighted by molar-refractivity contribution is 6.04. The van der Waals surface area contributed by atoms with E-state index in [4.69, 9.17) is 0 Å². The lowest BCUT2D eigenvalue weighted by Gasteiger charge is -2.23. The van der Waals surface area contributed by atoms with Gasteiger partial charge in [-0.2, -0.15) is 0 Å². The fourth-order valence-electron chi connectivity index (χ4n) is 2.94. The van der Waals surface area contributed by atoms with Gasteiger partial charge in [0.2, 0.25) is 0 Å². The smallest absolute Gasteiger partial charge is 0.166 e. The minimum absolute atomic E-state index is 0.0687. The average Bonchev–Trinajstić information content (AvgIpc) is 2.60. The van der Waals surface area contributed by atoms with E-state index in [-0.39, 0.29) is 23.4 Å². The van der Waals surface area contributed by atoms with E-state index in [0.717, 1.165) is 0 Å². The van der Waals surface area contributed by atoms with E-state index in [9.17, 15) is 9.59 Å². The highest BCUT2D eigenvalue weighted by Gasteiger charge is 2.31. The van der Waals surface area contributed by atoms with Crippen LogP contribution in [-0.2, 0) is 0 Å². The Kier molecular flexibility index (Phi) is 5.65. The van der Waals surface area contributed by atoms with Crippen molar-refractivity contribution in [3.8, 4) is 0 Å². The van der Waals surface area contributed by atoms with Crippen LogP contribution in [0.2, 0.25) is 0 Å². The first-order valence-corrected chi connectivity index (χ1v) is 7.87. The number of carbonyl (C=O) groups excluding carboxylic acids is 2. The first-order chi connectivity index (χ1) is 10.7. The Bertz CT molecular complexity index is 559. The van der Waals surface area contributed by atoms with E-state index >= 15 is 0 Å². The summed E-state index contributed by atoms with van der Waals surface area (Å²) in [7, 11) is 0. The minimum atomic E-state index is -0.264. The lowest BCUT2D eigenvalue weighted by Crippen LogP contribution is -2.29. The van der Waals surface area contributed by atoms with Crippen molar-refractivity contribution in [1.82, 2.24) is 0 Å². The fourth-order valence-corrected chi connectivity index (χ4v) is 2.94. The van der Waals surface area contributed by atoms with Crippen LogP contribution in [0.25, 0.3) is 0 Å². The van der Waals surface area contributed by atoms with Crippen molar-refractivity contribution in [3.63, 3.8) is 0 Å². The molecule has 114 valence electrons. The first kappa shape index (κ1) is 16.2. The quantitative estimate of drug-likeness (QED) is 0.687. The molecular formula is C20H22O2. The van der Waals surface area contributed by atoms with Crippen LogP contribution >= 0.6 is 0 Å².